The number of anilines is 1. The second kappa shape index (κ2) is 9.13. The average Bonchev–Trinajstić information content (AvgIpc) is 3.02. The maximum atomic E-state index is 12.9. The Hall–Kier alpha value is -2.94. The molecule has 0 unspecified atom stereocenters. The zero-order valence-corrected chi connectivity index (χ0v) is 19.4. The molecule has 10 heteroatoms. The van der Waals surface area contributed by atoms with Gasteiger partial charge in [-0.1, -0.05) is 23.2 Å². The molecule has 8 nitrogen and oxygen atoms in total. The maximum absolute atomic E-state index is 12.9. The first-order valence-electron chi connectivity index (χ1n) is 10.2. The lowest BCUT2D eigenvalue weighted by molar-refractivity contribution is -0.146. The number of carbonyl (C=O) groups excluding carboxylic acids is 4. The Balaban J connectivity index is 1.47. The van der Waals surface area contributed by atoms with E-state index in [0.29, 0.717) is 13.1 Å². The third-order valence-corrected chi connectivity index (χ3v) is 6.12. The van der Waals surface area contributed by atoms with E-state index in [2.05, 4.69) is 0 Å². The topological polar surface area (TPSA) is 93.2 Å². The lowest BCUT2D eigenvalue weighted by atomic mass is 10.1. The number of fused-ring (bicyclic) bond motifs is 1. The Morgan fingerprint density at radius 2 is 1.64 bits per heavy atom. The van der Waals surface area contributed by atoms with Gasteiger partial charge in [0.1, 0.15) is 0 Å². The Kier molecular flexibility index (Phi) is 6.43. The van der Waals surface area contributed by atoms with Crippen molar-refractivity contribution in [3.63, 3.8) is 0 Å². The normalized spacial score (nSPS) is 20.1. The lowest BCUT2D eigenvalue weighted by Gasteiger charge is -2.35. The van der Waals surface area contributed by atoms with Crippen molar-refractivity contribution >= 4 is 52.6 Å². The quantitative estimate of drug-likeness (QED) is 0.480. The van der Waals surface area contributed by atoms with Gasteiger partial charge in [0.25, 0.3) is 17.7 Å². The molecule has 0 spiro atoms. The summed E-state index contributed by atoms with van der Waals surface area (Å²) in [5, 5.41) is 0.487. The number of ether oxygens (including phenoxy) is 2. The molecule has 4 rings (SSSR count). The molecule has 1 fully saturated rings. The number of morpholine rings is 1. The molecule has 2 aromatic carbocycles. The minimum absolute atomic E-state index is 0.0578. The van der Waals surface area contributed by atoms with Crippen LogP contribution in [0.3, 0.4) is 0 Å². The molecule has 2 heterocycles. The molecule has 1 saturated heterocycles. The van der Waals surface area contributed by atoms with Gasteiger partial charge in [-0.25, -0.2) is 9.69 Å². The van der Waals surface area contributed by atoms with E-state index in [1.807, 2.05) is 13.8 Å². The number of nitrogens with zero attached hydrogens (tertiary/aromatic N) is 2. The van der Waals surface area contributed by atoms with E-state index >= 15 is 0 Å². The van der Waals surface area contributed by atoms with Crippen LogP contribution in [0.25, 0.3) is 0 Å². The summed E-state index contributed by atoms with van der Waals surface area (Å²) in [6, 6.07) is 8.46. The SMILES string of the molecule is C[C@@H]1CN(C(=O)COC(=O)c2ccc3c(c2)C(=O)N(c2ccc(Cl)c(Cl)c2)C3=O)C[C@H](C)O1. The van der Waals surface area contributed by atoms with Crippen molar-refractivity contribution in [1.29, 1.82) is 0 Å². The first kappa shape index (κ1) is 23.2. The largest absolute Gasteiger partial charge is 0.452 e. The highest BCUT2D eigenvalue weighted by molar-refractivity contribution is 6.42. The van der Waals surface area contributed by atoms with E-state index in [1.54, 1.807) is 4.90 Å². The second-order valence-electron chi connectivity index (χ2n) is 7.94. The van der Waals surface area contributed by atoms with Crippen molar-refractivity contribution in [2.75, 3.05) is 24.6 Å². The van der Waals surface area contributed by atoms with Crippen molar-refractivity contribution in [3.8, 4) is 0 Å². The van der Waals surface area contributed by atoms with Crippen LogP contribution in [0.2, 0.25) is 10.0 Å². The fourth-order valence-corrected chi connectivity index (χ4v) is 4.20. The monoisotopic (exact) mass is 490 g/mol. The minimum atomic E-state index is -0.770. The van der Waals surface area contributed by atoms with Gasteiger partial charge < -0.3 is 14.4 Å². The zero-order valence-electron chi connectivity index (χ0n) is 17.8. The number of carbonyl (C=O) groups is 4. The fourth-order valence-electron chi connectivity index (χ4n) is 3.91. The molecule has 172 valence electrons. The van der Waals surface area contributed by atoms with Crippen molar-refractivity contribution < 1.29 is 28.7 Å². The maximum Gasteiger partial charge on any atom is 0.338 e. The highest BCUT2D eigenvalue weighted by Gasteiger charge is 2.37. The molecule has 0 aliphatic carbocycles. The number of benzene rings is 2. The fraction of sp³-hybridized carbons (Fsp3) is 0.304. The number of esters is 1. The molecule has 2 aliphatic heterocycles. The molecule has 0 radical (unpaired) electrons. The molecule has 3 amide bonds. The molecular formula is C23H20Cl2N2O6. The van der Waals surface area contributed by atoms with Gasteiger partial charge in [0, 0.05) is 13.1 Å². The summed E-state index contributed by atoms with van der Waals surface area (Å²) in [7, 11) is 0. The summed E-state index contributed by atoms with van der Waals surface area (Å²) in [6.07, 6.45) is -0.209. The van der Waals surface area contributed by atoms with Crippen LogP contribution >= 0.6 is 23.2 Å². The summed E-state index contributed by atoms with van der Waals surface area (Å²) in [5.74, 6) is -2.24. The highest BCUT2D eigenvalue weighted by Crippen LogP contribution is 2.33. The molecule has 2 aromatic rings. The van der Waals surface area contributed by atoms with Crippen LogP contribution in [0.5, 0.6) is 0 Å². The van der Waals surface area contributed by atoms with E-state index in [9.17, 15) is 19.2 Å². The first-order chi connectivity index (χ1) is 15.7. The second-order valence-corrected chi connectivity index (χ2v) is 8.75. The lowest BCUT2D eigenvalue weighted by Crippen LogP contribution is -2.49. The van der Waals surface area contributed by atoms with E-state index in [0.717, 1.165) is 4.90 Å². The number of halogens is 2. The van der Waals surface area contributed by atoms with Gasteiger partial charge in [0.15, 0.2) is 6.61 Å². The first-order valence-corrected chi connectivity index (χ1v) is 11.0. The standard InChI is InChI=1S/C23H20Cl2N2O6/c1-12-9-26(10-13(2)33-12)20(28)11-32-23(31)14-3-5-16-17(7-14)22(30)27(21(16)29)15-4-6-18(24)19(25)8-15/h3-8,12-13H,9-11H2,1-2H3/t12-,13+. The molecule has 2 atom stereocenters. The van der Waals surface area contributed by atoms with Crippen LogP contribution < -0.4 is 4.90 Å². The average molecular weight is 491 g/mol. The molecule has 2 aliphatic rings. The van der Waals surface area contributed by atoms with Crippen LogP contribution in [0.15, 0.2) is 36.4 Å². The molecule has 33 heavy (non-hydrogen) atoms. The van der Waals surface area contributed by atoms with Crippen LogP contribution in [-0.4, -0.2) is 60.5 Å². The summed E-state index contributed by atoms with van der Waals surface area (Å²) in [4.78, 5) is 53.2. The minimum Gasteiger partial charge on any atom is -0.452 e. The van der Waals surface area contributed by atoms with E-state index in [-0.39, 0.29) is 50.5 Å². The van der Waals surface area contributed by atoms with E-state index < -0.39 is 24.4 Å². The van der Waals surface area contributed by atoms with Gasteiger partial charge >= 0.3 is 5.97 Å². The smallest absolute Gasteiger partial charge is 0.338 e. The van der Waals surface area contributed by atoms with Gasteiger partial charge in [-0.05, 0) is 50.2 Å². The molecule has 0 bridgehead atoms. The van der Waals surface area contributed by atoms with E-state index in [1.165, 1.54) is 36.4 Å². The number of hydrogen-bond acceptors (Lipinski definition) is 6. The third kappa shape index (κ3) is 4.59. The predicted molar refractivity (Wildman–Crippen MR) is 121 cm³/mol. The van der Waals surface area contributed by atoms with Crippen molar-refractivity contribution in [3.05, 3.63) is 63.1 Å². The summed E-state index contributed by atoms with van der Waals surface area (Å²) < 4.78 is 10.8. The van der Waals surface area contributed by atoms with Crippen molar-refractivity contribution in [2.45, 2.75) is 26.1 Å². The van der Waals surface area contributed by atoms with Crippen LogP contribution in [0.4, 0.5) is 5.69 Å². The van der Waals surface area contributed by atoms with Crippen LogP contribution in [0.1, 0.15) is 44.9 Å². The van der Waals surface area contributed by atoms with Crippen molar-refractivity contribution in [2.24, 2.45) is 0 Å². The Morgan fingerprint density at radius 3 is 2.30 bits per heavy atom. The Labute approximate surface area is 199 Å². The van der Waals surface area contributed by atoms with Crippen LogP contribution in [-0.2, 0) is 14.3 Å². The number of amides is 3. The summed E-state index contributed by atoms with van der Waals surface area (Å²) >= 11 is 11.9. The van der Waals surface area contributed by atoms with Crippen LogP contribution in [0, 0.1) is 0 Å². The highest BCUT2D eigenvalue weighted by atomic mass is 35.5. The van der Waals surface area contributed by atoms with Gasteiger partial charge in [-0.15, -0.1) is 0 Å². The zero-order chi connectivity index (χ0) is 23.9. The van der Waals surface area contributed by atoms with Gasteiger partial charge in [0.05, 0.1) is 44.6 Å². The number of hydrogen-bond donors (Lipinski definition) is 0. The van der Waals surface area contributed by atoms with Crippen molar-refractivity contribution in [1.82, 2.24) is 4.90 Å². The third-order valence-electron chi connectivity index (χ3n) is 5.38. The number of imide groups is 1. The van der Waals surface area contributed by atoms with Gasteiger partial charge in [-0.3, -0.25) is 14.4 Å². The molecule has 0 saturated carbocycles. The predicted octanol–water partition coefficient (Wildman–Crippen LogP) is 3.59. The van der Waals surface area contributed by atoms with Gasteiger partial charge in [0.2, 0.25) is 0 Å². The Bertz CT molecular complexity index is 1160. The van der Waals surface area contributed by atoms with Gasteiger partial charge in [-0.2, -0.15) is 0 Å². The molecular weight excluding hydrogens is 471 g/mol. The summed E-state index contributed by atoms with van der Waals surface area (Å²) in [6.45, 7) is 4.14. The summed E-state index contributed by atoms with van der Waals surface area (Å²) in [5.41, 5.74) is 0.527. The molecule has 0 N–H and O–H groups in total. The number of rotatable bonds is 4. The Morgan fingerprint density at radius 1 is 0.970 bits per heavy atom. The molecule has 0 aromatic heterocycles. The van der Waals surface area contributed by atoms with E-state index in [4.69, 9.17) is 32.7 Å².